The minimum atomic E-state index is -1.29. The fraction of sp³-hybridized carbons (Fsp3) is 0.467. The lowest BCUT2D eigenvalue weighted by Gasteiger charge is -2.35. The third-order valence-electron chi connectivity index (χ3n) is 3.43. The molecule has 0 aliphatic rings. The Hall–Kier alpha value is -1.14. The Morgan fingerprint density at radius 2 is 2.09 bits per heavy atom. The molecule has 1 aromatic carbocycles. The van der Waals surface area contributed by atoms with Gasteiger partial charge in [0.05, 0.1) is 0 Å². The molecule has 2 N–H and O–H groups in total. The third-order valence-corrected chi connectivity index (χ3v) is 3.98. The van der Waals surface area contributed by atoms with Crippen molar-refractivity contribution in [3.63, 3.8) is 0 Å². The summed E-state index contributed by atoms with van der Waals surface area (Å²) in [5.41, 5.74) is -0.708. The molecule has 22 heavy (non-hydrogen) atoms. The van der Waals surface area contributed by atoms with E-state index in [1.807, 2.05) is 0 Å². The zero-order valence-electron chi connectivity index (χ0n) is 12.8. The van der Waals surface area contributed by atoms with Crippen LogP contribution in [-0.4, -0.2) is 26.4 Å². The fourth-order valence-corrected chi connectivity index (χ4v) is 2.89. The lowest BCUT2D eigenvalue weighted by molar-refractivity contribution is -0.0203. The van der Waals surface area contributed by atoms with Gasteiger partial charge in [-0.05, 0) is 31.5 Å². The van der Waals surface area contributed by atoms with E-state index in [1.54, 1.807) is 36.1 Å². The van der Waals surface area contributed by atoms with Crippen molar-refractivity contribution in [3.8, 4) is 0 Å². The van der Waals surface area contributed by atoms with E-state index in [-0.39, 0.29) is 0 Å². The summed E-state index contributed by atoms with van der Waals surface area (Å²) in [6, 6.07) is 5.05. The van der Waals surface area contributed by atoms with Gasteiger partial charge in [0, 0.05) is 15.6 Å². The van der Waals surface area contributed by atoms with E-state index >= 15 is 0 Å². The molecule has 0 radical (unpaired) electrons. The van der Waals surface area contributed by atoms with Crippen LogP contribution < -0.4 is 5.32 Å². The molecule has 1 heterocycles. The molecule has 5 nitrogen and oxygen atoms in total. The van der Waals surface area contributed by atoms with Gasteiger partial charge in [-0.2, -0.15) is 5.10 Å². The summed E-state index contributed by atoms with van der Waals surface area (Å²) in [6.45, 7) is 6.60. The van der Waals surface area contributed by atoms with Crippen LogP contribution in [0.5, 0.6) is 0 Å². The summed E-state index contributed by atoms with van der Waals surface area (Å²) in [7, 11) is 0. The summed E-state index contributed by atoms with van der Waals surface area (Å²) in [5.74, 6) is 0.419. The molecule has 120 valence electrons. The zero-order chi connectivity index (χ0) is 16.3. The van der Waals surface area contributed by atoms with E-state index in [2.05, 4.69) is 29.2 Å². The molecule has 0 amide bonds. The first-order valence-electron chi connectivity index (χ1n) is 7.07. The highest BCUT2D eigenvalue weighted by Crippen LogP contribution is 2.36. The van der Waals surface area contributed by atoms with Crippen LogP contribution in [0, 0.1) is 5.92 Å². The van der Waals surface area contributed by atoms with Crippen molar-refractivity contribution in [2.75, 3.05) is 6.54 Å². The van der Waals surface area contributed by atoms with Crippen molar-refractivity contribution in [3.05, 3.63) is 46.5 Å². The number of nitrogens with one attached hydrogen (secondary N) is 1. The Kier molecular flexibility index (Phi) is 5.45. The largest absolute Gasteiger partial charge is 0.382 e. The van der Waals surface area contributed by atoms with Crippen LogP contribution in [-0.2, 0) is 5.60 Å². The fourth-order valence-electron chi connectivity index (χ4n) is 2.30. The summed E-state index contributed by atoms with van der Waals surface area (Å²) in [5, 5.41) is 19.5. The van der Waals surface area contributed by atoms with Gasteiger partial charge in [-0.3, -0.25) is 5.32 Å². The van der Waals surface area contributed by atoms with E-state index in [9.17, 15) is 5.11 Å². The van der Waals surface area contributed by atoms with E-state index in [0.717, 1.165) is 0 Å². The normalized spacial score (nSPS) is 15.8. The Labute approximate surface area is 140 Å². The molecule has 2 unspecified atom stereocenters. The van der Waals surface area contributed by atoms with Crippen molar-refractivity contribution in [2.24, 2.45) is 5.92 Å². The number of halogens is 2. The van der Waals surface area contributed by atoms with Gasteiger partial charge in [-0.15, -0.1) is 0 Å². The molecule has 2 atom stereocenters. The Morgan fingerprint density at radius 3 is 2.64 bits per heavy atom. The van der Waals surface area contributed by atoms with Gasteiger partial charge >= 0.3 is 0 Å². The second kappa shape index (κ2) is 6.96. The molecule has 0 saturated carbocycles. The van der Waals surface area contributed by atoms with Crippen LogP contribution in [0.15, 0.2) is 30.9 Å². The van der Waals surface area contributed by atoms with Gasteiger partial charge in [0.25, 0.3) is 0 Å². The molecule has 0 spiro atoms. The van der Waals surface area contributed by atoms with Gasteiger partial charge in [0.15, 0.2) is 0 Å². The highest BCUT2D eigenvalue weighted by atomic mass is 35.5. The van der Waals surface area contributed by atoms with Crippen LogP contribution in [0.1, 0.15) is 32.5 Å². The van der Waals surface area contributed by atoms with Crippen molar-refractivity contribution < 1.29 is 5.11 Å². The van der Waals surface area contributed by atoms with Crippen molar-refractivity contribution >= 4 is 23.2 Å². The topological polar surface area (TPSA) is 63.0 Å². The van der Waals surface area contributed by atoms with Crippen LogP contribution in [0.4, 0.5) is 0 Å². The van der Waals surface area contributed by atoms with E-state index in [1.165, 1.54) is 6.33 Å². The van der Waals surface area contributed by atoms with Crippen LogP contribution in [0.3, 0.4) is 0 Å². The highest BCUT2D eigenvalue weighted by Gasteiger charge is 2.37. The van der Waals surface area contributed by atoms with Gasteiger partial charge in [-0.25, -0.2) is 9.67 Å². The number of hydrogen-bond donors (Lipinski definition) is 2. The van der Waals surface area contributed by atoms with E-state index in [0.29, 0.717) is 28.1 Å². The number of rotatable bonds is 6. The van der Waals surface area contributed by atoms with Gasteiger partial charge < -0.3 is 5.11 Å². The Balaban J connectivity index is 2.39. The molecule has 0 aliphatic heterocycles. The van der Waals surface area contributed by atoms with Crippen molar-refractivity contribution in [1.82, 2.24) is 20.1 Å². The summed E-state index contributed by atoms with van der Waals surface area (Å²) >= 11 is 12.2. The lowest BCUT2D eigenvalue weighted by atomic mass is 9.92. The second-order valence-corrected chi connectivity index (χ2v) is 6.70. The summed E-state index contributed by atoms with van der Waals surface area (Å²) < 4.78 is 1.59. The maximum atomic E-state index is 11.1. The third kappa shape index (κ3) is 3.79. The molecule has 7 heteroatoms. The van der Waals surface area contributed by atoms with Crippen LogP contribution in [0.2, 0.25) is 10.0 Å². The molecular weight excluding hydrogens is 323 g/mol. The Bertz CT molecular complexity index is 614. The molecular formula is C15H20Cl2N4O. The smallest absolute Gasteiger partial charge is 0.137 e. The summed E-state index contributed by atoms with van der Waals surface area (Å²) in [4.78, 5) is 3.96. The SMILES string of the molecule is CC(C)CNC(n1cncn1)C(C)(O)c1ccc(Cl)cc1Cl. The van der Waals surface area contributed by atoms with Gasteiger partial charge in [0.2, 0.25) is 0 Å². The monoisotopic (exact) mass is 342 g/mol. The molecule has 1 aromatic heterocycles. The lowest BCUT2D eigenvalue weighted by Crippen LogP contribution is -2.44. The highest BCUT2D eigenvalue weighted by molar-refractivity contribution is 6.35. The predicted molar refractivity (Wildman–Crippen MR) is 87.9 cm³/mol. The minimum absolute atomic E-state index is 0.411. The maximum absolute atomic E-state index is 11.1. The van der Waals surface area contributed by atoms with Crippen molar-refractivity contribution in [1.29, 1.82) is 0 Å². The zero-order valence-corrected chi connectivity index (χ0v) is 14.3. The molecule has 0 saturated heterocycles. The summed E-state index contributed by atoms with van der Waals surface area (Å²) in [6.07, 6.45) is 2.50. The second-order valence-electron chi connectivity index (χ2n) is 5.85. The quantitative estimate of drug-likeness (QED) is 0.845. The van der Waals surface area contributed by atoms with E-state index in [4.69, 9.17) is 23.2 Å². The molecule has 0 bridgehead atoms. The Morgan fingerprint density at radius 1 is 1.36 bits per heavy atom. The number of aromatic nitrogens is 3. The van der Waals surface area contributed by atoms with Crippen LogP contribution >= 0.6 is 23.2 Å². The first-order valence-corrected chi connectivity index (χ1v) is 7.83. The average Bonchev–Trinajstić information content (AvgIpc) is 2.91. The molecule has 0 fully saturated rings. The predicted octanol–water partition coefficient (Wildman–Crippen LogP) is 3.24. The van der Waals surface area contributed by atoms with Gasteiger partial charge in [0.1, 0.15) is 24.4 Å². The molecule has 2 aromatic rings. The minimum Gasteiger partial charge on any atom is -0.382 e. The maximum Gasteiger partial charge on any atom is 0.137 e. The van der Waals surface area contributed by atoms with E-state index < -0.39 is 11.8 Å². The van der Waals surface area contributed by atoms with Crippen LogP contribution in [0.25, 0.3) is 0 Å². The first-order chi connectivity index (χ1) is 10.3. The molecule has 2 rings (SSSR count). The van der Waals surface area contributed by atoms with Crippen molar-refractivity contribution in [2.45, 2.75) is 32.5 Å². The standard InChI is InChI=1S/C15H20Cl2N4O/c1-10(2)7-19-14(21-9-18-8-20-21)15(3,22)12-5-4-11(16)6-13(12)17/h4-6,8-10,14,19,22H,7H2,1-3H3. The average molecular weight is 343 g/mol. The first kappa shape index (κ1) is 17.2. The van der Waals surface area contributed by atoms with Gasteiger partial charge in [-0.1, -0.05) is 43.1 Å². The number of benzene rings is 1. The number of hydrogen-bond acceptors (Lipinski definition) is 4. The number of nitrogens with zero attached hydrogens (tertiary/aromatic N) is 3. The number of aliphatic hydroxyl groups is 1. The molecule has 0 aliphatic carbocycles.